The second-order valence-corrected chi connectivity index (χ2v) is 3.68. The molecule has 110 valence electrons. The molecule has 2 N–H and O–H groups in total. The summed E-state index contributed by atoms with van der Waals surface area (Å²) >= 11 is 0. The fourth-order valence-electron chi connectivity index (χ4n) is 1.23. The van der Waals surface area contributed by atoms with Crippen LogP contribution in [0.3, 0.4) is 0 Å². The van der Waals surface area contributed by atoms with Crippen LogP contribution in [0, 0.1) is 0 Å². The SMILES string of the molecule is COCCN(CCC(=O)OC)C(=O)NCCC(=O)O. The summed E-state index contributed by atoms with van der Waals surface area (Å²) in [6.07, 6.45) is -0.0760. The lowest BCUT2D eigenvalue weighted by Crippen LogP contribution is -2.43. The maximum atomic E-state index is 11.7. The first-order chi connectivity index (χ1) is 9.01. The summed E-state index contributed by atoms with van der Waals surface area (Å²) in [6.45, 7) is 0.866. The monoisotopic (exact) mass is 276 g/mol. The van der Waals surface area contributed by atoms with Gasteiger partial charge >= 0.3 is 18.0 Å². The van der Waals surface area contributed by atoms with Crippen LogP contribution in [0.2, 0.25) is 0 Å². The highest BCUT2D eigenvalue weighted by Gasteiger charge is 2.14. The third-order valence-corrected chi connectivity index (χ3v) is 2.28. The Morgan fingerprint density at radius 1 is 1.16 bits per heavy atom. The van der Waals surface area contributed by atoms with Crippen molar-refractivity contribution in [1.82, 2.24) is 10.2 Å². The molecule has 0 aromatic carbocycles. The summed E-state index contributed by atoms with van der Waals surface area (Å²) < 4.78 is 9.36. The lowest BCUT2D eigenvalue weighted by Gasteiger charge is -2.22. The average Bonchev–Trinajstić information content (AvgIpc) is 2.37. The summed E-state index contributed by atoms with van der Waals surface area (Å²) in [5.74, 6) is -1.40. The summed E-state index contributed by atoms with van der Waals surface area (Å²) in [5.41, 5.74) is 0. The van der Waals surface area contributed by atoms with Crippen LogP contribution in [-0.2, 0) is 19.1 Å². The third kappa shape index (κ3) is 8.83. The van der Waals surface area contributed by atoms with Crippen molar-refractivity contribution in [3.05, 3.63) is 0 Å². The molecular weight excluding hydrogens is 256 g/mol. The maximum Gasteiger partial charge on any atom is 0.317 e. The minimum absolute atomic E-state index is 0.0376. The van der Waals surface area contributed by atoms with E-state index in [0.29, 0.717) is 13.2 Å². The van der Waals surface area contributed by atoms with E-state index >= 15 is 0 Å². The highest BCUT2D eigenvalue weighted by Crippen LogP contribution is 1.95. The topological polar surface area (TPSA) is 105 Å². The van der Waals surface area contributed by atoms with E-state index in [2.05, 4.69) is 10.1 Å². The van der Waals surface area contributed by atoms with Gasteiger partial charge in [-0.15, -0.1) is 0 Å². The number of nitrogens with zero attached hydrogens (tertiary/aromatic N) is 1. The number of carbonyl (C=O) groups is 3. The maximum absolute atomic E-state index is 11.7. The first-order valence-corrected chi connectivity index (χ1v) is 5.81. The number of urea groups is 1. The van der Waals surface area contributed by atoms with Gasteiger partial charge in [0.25, 0.3) is 0 Å². The van der Waals surface area contributed by atoms with Gasteiger partial charge in [0.2, 0.25) is 0 Å². The first-order valence-electron chi connectivity index (χ1n) is 5.81. The lowest BCUT2D eigenvalue weighted by atomic mass is 10.4. The number of esters is 1. The predicted octanol–water partition coefficient (Wildman–Crippen LogP) is -0.318. The van der Waals surface area contributed by atoms with E-state index in [4.69, 9.17) is 9.84 Å². The average molecular weight is 276 g/mol. The van der Waals surface area contributed by atoms with Crippen LogP contribution in [0.4, 0.5) is 4.79 Å². The molecule has 0 fully saturated rings. The van der Waals surface area contributed by atoms with Gasteiger partial charge in [0.15, 0.2) is 0 Å². The normalized spacial score (nSPS) is 9.79. The van der Waals surface area contributed by atoms with Gasteiger partial charge in [0.1, 0.15) is 0 Å². The smallest absolute Gasteiger partial charge is 0.317 e. The number of carboxylic acids is 1. The zero-order valence-corrected chi connectivity index (χ0v) is 11.2. The van der Waals surface area contributed by atoms with E-state index in [0.717, 1.165) is 0 Å². The van der Waals surface area contributed by atoms with E-state index in [-0.39, 0.29) is 25.9 Å². The van der Waals surface area contributed by atoms with Crippen LogP contribution in [0.5, 0.6) is 0 Å². The molecule has 0 rings (SSSR count). The standard InChI is InChI=1S/C11H20N2O6/c1-18-8-7-13(6-4-10(16)19-2)11(17)12-5-3-9(14)15/h3-8H2,1-2H3,(H,12,17)(H,14,15). The Balaban J connectivity index is 4.18. The number of hydrogen-bond acceptors (Lipinski definition) is 5. The Bertz CT molecular complexity index is 308. The predicted molar refractivity (Wildman–Crippen MR) is 65.7 cm³/mol. The summed E-state index contributed by atoms with van der Waals surface area (Å²) in [4.78, 5) is 34.5. The molecule has 0 saturated carbocycles. The number of methoxy groups -OCH3 is 2. The number of carbonyl (C=O) groups excluding carboxylic acids is 2. The van der Waals surface area contributed by atoms with Gasteiger partial charge in [-0.3, -0.25) is 9.59 Å². The van der Waals surface area contributed by atoms with Crippen molar-refractivity contribution in [3.63, 3.8) is 0 Å². The Morgan fingerprint density at radius 3 is 2.37 bits per heavy atom. The highest BCUT2D eigenvalue weighted by molar-refractivity contribution is 5.76. The number of rotatable bonds is 9. The molecule has 19 heavy (non-hydrogen) atoms. The summed E-state index contributed by atoms with van der Waals surface area (Å²) in [7, 11) is 2.77. The van der Waals surface area contributed by atoms with Crippen molar-refractivity contribution in [2.75, 3.05) is 40.5 Å². The number of hydrogen-bond donors (Lipinski definition) is 2. The van der Waals surface area contributed by atoms with E-state index in [1.54, 1.807) is 0 Å². The van der Waals surface area contributed by atoms with Gasteiger partial charge in [-0.25, -0.2) is 4.79 Å². The van der Waals surface area contributed by atoms with Crippen LogP contribution in [0.25, 0.3) is 0 Å². The molecule has 0 aliphatic rings. The molecule has 0 unspecified atom stereocenters. The fraction of sp³-hybridized carbons (Fsp3) is 0.727. The van der Waals surface area contributed by atoms with Crippen molar-refractivity contribution < 1.29 is 29.0 Å². The lowest BCUT2D eigenvalue weighted by molar-refractivity contribution is -0.141. The van der Waals surface area contributed by atoms with E-state index in [1.807, 2.05) is 0 Å². The van der Waals surface area contributed by atoms with Crippen molar-refractivity contribution >= 4 is 18.0 Å². The molecule has 0 aromatic rings. The van der Waals surface area contributed by atoms with Gasteiger partial charge in [0.05, 0.1) is 26.6 Å². The molecule has 8 nitrogen and oxygen atoms in total. The second kappa shape index (κ2) is 10.1. The number of ether oxygens (including phenoxy) is 2. The minimum atomic E-state index is -0.988. The molecule has 0 radical (unpaired) electrons. The molecule has 8 heteroatoms. The molecule has 0 aromatic heterocycles. The van der Waals surface area contributed by atoms with Crippen molar-refractivity contribution in [2.45, 2.75) is 12.8 Å². The van der Waals surface area contributed by atoms with Crippen molar-refractivity contribution in [2.24, 2.45) is 0 Å². The van der Waals surface area contributed by atoms with Gasteiger partial charge in [-0.1, -0.05) is 0 Å². The van der Waals surface area contributed by atoms with Crippen molar-refractivity contribution in [3.8, 4) is 0 Å². The van der Waals surface area contributed by atoms with Crippen LogP contribution >= 0.6 is 0 Å². The molecule has 2 amide bonds. The quantitative estimate of drug-likeness (QED) is 0.559. The Kier molecular flexibility index (Phi) is 9.15. The Hall–Kier alpha value is -1.83. The van der Waals surface area contributed by atoms with Gasteiger partial charge < -0.3 is 24.8 Å². The van der Waals surface area contributed by atoms with E-state index in [9.17, 15) is 14.4 Å². The number of aliphatic carboxylic acids is 1. The number of nitrogens with one attached hydrogen (secondary N) is 1. The number of carboxylic acid groups (broad SMARTS) is 1. The molecule has 0 spiro atoms. The molecule has 0 bridgehead atoms. The van der Waals surface area contributed by atoms with Crippen LogP contribution in [0.1, 0.15) is 12.8 Å². The van der Waals surface area contributed by atoms with Crippen LogP contribution < -0.4 is 5.32 Å². The molecule has 0 heterocycles. The van der Waals surface area contributed by atoms with E-state index in [1.165, 1.54) is 19.1 Å². The van der Waals surface area contributed by atoms with Gasteiger partial charge in [0, 0.05) is 26.7 Å². The summed E-state index contributed by atoms with van der Waals surface area (Å²) in [5, 5.41) is 10.9. The Labute approximate surface area is 111 Å². The third-order valence-electron chi connectivity index (χ3n) is 2.28. The molecule has 0 atom stereocenters. The van der Waals surface area contributed by atoms with Crippen LogP contribution in [-0.4, -0.2) is 68.4 Å². The summed E-state index contributed by atoms with van der Waals surface area (Å²) in [6, 6.07) is -0.429. The zero-order chi connectivity index (χ0) is 14.7. The van der Waals surface area contributed by atoms with Gasteiger partial charge in [-0.2, -0.15) is 0 Å². The largest absolute Gasteiger partial charge is 0.481 e. The highest BCUT2D eigenvalue weighted by atomic mass is 16.5. The fourth-order valence-corrected chi connectivity index (χ4v) is 1.23. The molecule has 0 aliphatic heterocycles. The minimum Gasteiger partial charge on any atom is -0.481 e. The number of amides is 2. The first kappa shape index (κ1) is 17.2. The van der Waals surface area contributed by atoms with Crippen LogP contribution in [0.15, 0.2) is 0 Å². The zero-order valence-electron chi connectivity index (χ0n) is 11.2. The Morgan fingerprint density at radius 2 is 1.84 bits per heavy atom. The second-order valence-electron chi connectivity index (χ2n) is 3.68. The molecule has 0 saturated heterocycles. The van der Waals surface area contributed by atoms with Crippen molar-refractivity contribution in [1.29, 1.82) is 0 Å². The molecule has 0 aliphatic carbocycles. The molecular formula is C11H20N2O6. The van der Waals surface area contributed by atoms with Gasteiger partial charge in [-0.05, 0) is 0 Å². The van der Waals surface area contributed by atoms with E-state index < -0.39 is 18.0 Å².